The molecule has 2 aromatic carbocycles. The Morgan fingerprint density at radius 2 is 1.96 bits per heavy atom. The molecule has 0 spiro atoms. The van der Waals surface area contributed by atoms with Crippen LogP contribution in [0, 0.1) is 0 Å². The van der Waals surface area contributed by atoms with Crippen molar-refractivity contribution in [2.45, 2.75) is 13.0 Å². The van der Waals surface area contributed by atoms with Crippen LogP contribution in [0.15, 0.2) is 42.5 Å². The predicted molar refractivity (Wildman–Crippen MR) is 86.2 cm³/mol. The third kappa shape index (κ3) is 3.74. The van der Waals surface area contributed by atoms with Crippen LogP contribution >= 0.6 is 0 Å². The van der Waals surface area contributed by atoms with Gasteiger partial charge in [0.2, 0.25) is 0 Å². The molecule has 0 saturated heterocycles. The summed E-state index contributed by atoms with van der Waals surface area (Å²) in [6.45, 7) is 1.73. The quantitative estimate of drug-likeness (QED) is 0.943. The van der Waals surface area contributed by atoms with Crippen LogP contribution in [0.2, 0.25) is 0 Å². The number of carbonyl (C=O) groups is 1. The summed E-state index contributed by atoms with van der Waals surface area (Å²) < 4.78 is 16.4. The minimum absolute atomic E-state index is 0.143. The lowest BCUT2D eigenvalue weighted by molar-refractivity contribution is 0.0950. The van der Waals surface area contributed by atoms with Crippen LogP contribution < -0.4 is 19.5 Å². The van der Waals surface area contributed by atoms with E-state index >= 15 is 0 Å². The number of nitrogens with one attached hydrogen (secondary N) is 1. The Hall–Kier alpha value is -2.69. The summed E-state index contributed by atoms with van der Waals surface area (Å²) in [5, 5.41) is 2.90. The number of ether oxygens (including phenoxy) is 3. The van der Waals surface area contributed by atoms with Crippen molar-refractivity contribution in [3.05, 3.63) is 53.6 Å². The molecular formula is C18H19NO4. The molecule has 0 fully saturated rings. The van der Waals surface area contributed by atoms with Gasteiger partial charge in [0.1, 0.15) is 5.75 Å². The molecule has 5 heteroatoms. The summed E-state index contributed by atoms with van der Waals surface area (Å²) in [4.78, 5) is 12.2. The number of hydrogen-bond acceptors (Lipinski definition) is 4. The summed E-state index contributed by atoms with van der Waals surface area (Å²) in [5.74, 6) is 2.00. The lowest BCUT2D eigenvalue weighted by Gasteiger charge is -2.10. The highest BCUT2D eigenvalue weighted by molar-refractivity contribution is 5.94. The number of fused-ring (bicyclic) bond motifs is 1. The molecule has 120 valence electrons. The van der Waals surface area contributed by atoms with Crippen LogP contribution in [0.4, 0.5) is 0 Å². The van der Waals surface area contributed by atoms with Crippen molar-refractivity contribution in [1.82, 2.24) is 5.32 Å². The second kappa shape index (κ2) is 7.05. The van der Waals surface area contributed by atoms with Crippen molar-refractivity contribution in [3.63, 3.8) is 0 Å². The number of benzene rings is 2. The molecule has 2 aromatic rings. The zero-order chi connectivity index (χ0) is 16.1. The highest BCUT2D eigenvalue weighted by Gasteiger charge is 2.11. The zero-order valence-corrected chi connectivity index (χ0v) is 13.0. The number of carbonyl (C=O) groups excluding carboxylic acids is 1. The molecule has 0 bridgehead atoms. The van der Waals surface area contributed by atoms with Crippen LogP contribution in [0.3, 0.4) is 0 Å². The first-order valence-electron chi connectivity index (χ1n) is 7.57. The van der Waals surface area contributed by atoms with Gasteiger partial charge < -0.3 is 19.5 Å². The molecule has 0 atom stereocenters. The van der Waals surface area contributed by atoms with Crippen molar-refractivity contribution < 1.29 is 19.0 Å². The van der Waals surface area contributed by atoms with Crippen molar-refractivity contribution in [3.8, 4) is 17.2 Å². The van der Waals surface area contributed by atoms with Gasteiger partial charge >= 0.3 is 0 Å². The van der Waals surface area contributed by atoms with Crippen LogP contribution in [-0.2, 0) is 6.54 Å². The van der Waals surface area contributed by atoms with Gasteiger partial charge in [-0.1, -0.05) is 12.1 Å². The summed E-state index contributed by atoms with van der Waals surface area (Å²) in [5.41, 5.74) is 1.53. The summed E-state index contributed by atoms with van der Waals surface area (Å²) in [6.07, 6.45) is 0.872. The monoisotopic (exact) mass is 313 g/mol. The van der Waals surface area contributed by atoms with E-state index in [9.17, 15) is 4.79 Å². The molecule has 1 heterocycles. The lowest BCUT2D eigenvalue weighted by Crippen LogP contribution is -2.22. The highest BCUT2D eigenvalue weighted by atomic mass is 16.5. The van der Waals surface area contributed by atoms with E-state index in [1.165, 1.54) is 0 Å². The molecule has 1 aliphatic heterocycles. The van der Waals surface area contributed by atoms with Gasteiger partial charge in [-0.25, -0.2) is 0 Å². The van der Waals surface area contributed by atoms with Gasteiger partial charge in [-0.3, -0.25) is 4.79 Å². The Morgan fingerprint density at radius 1 is 1.13 bits per heavy atom. The summed E-state index contributed by atoms with van der Waals surface area (Å²) in [7, 11) is 1.58. The molecular weight excluding hydrogens is 294 g/mol. The molecule has 0 unspecified atom stereocenters. The maximum atomic E-state index is 12.2. The normalized spacial score (nSPS) is 13.1. The Labute approximate surface area is 135 Å². The molecule has 0 saturated carbocycles. The smallest absolute Gasteiger partial charge is 0.251 e. The van der Waals surface area contributed by atoms with Crippen molar-refractivity contribution in [1.29, 1.82) is 0 Å². The third-order valence-electron chi connectivity index (χ3n) is 3.60. The first kappa shape index (κ1) is 15.2. The van der Waals surface area contributed by atoms with E-state index in [1.54, 1.807) is 31.4 Å². The average molecular weight is 313 g/mol. The largest absolute Gasteiger partial charge is 0.497 e. The molecule has 1 amide bonds. The van der Waals surface area contributed by atoms with Crippen LogP contribution in [0.5, 0.6) is 17.2 Å². The number of amides is 1. The predicted octanol–water partition coefficient (Wildman–Crippen LogP) is 2.79. The van der Waals surface area contributed by atoms with Gasteiger partial charge in [-0.15, -0.1) is 0 Å². The van der Waals surface area contributed by atoms with Gasteiger partial charge in [-0.05, 0) is 35.9 Å². The van der Waals surface area contributed by atoms with Gasteiger partial charge in [-0.2, -0.15) is 0 Å². The number of methoxy groups -OCH3 is 1. The average Bonchev–Trinajstić information content (AvgIpc) is 2.84. The molecule has 0 aromatic heterocycles. The Morgan fingerprint density at radius 3 is 2.78 bits per heavy atom. The van der Waals surface area contributed by atoms with Crippen molar-refractivity contribution in [2.75, 3.05) is 20.3 Å². The molecule has 0 radical (unpaired) electrons. The van der Waals surface area contributed by atoms with Crippen molar-refractivity contribution in [2.24, 2.45) is 0 Å². The number of rotatable bonds is 4. The second-order valence-corrected chi connectivity index (χ2v) is 5.25. The maximum Gasteiger partial charge on any atom is 0.251 e. The molecule has 23 heavy (non-hydrogen) atoms. The van der Waals surface area contributed by atoms with Crippen LogP contribution in [-0.4, -0.2) is 26.2 Å². The first-order chi connectivity index (χ1) is 11.3. The molecule has 3 rings (SSSR count). The first-order valence-corrected chi connectivity index (χ1v) is 7.57. The Balaban J connectivity index is 1.65. The van der Waals surface area contributed by atoms with E-state index in [4.69, 9.17) is 14.2 Å². The van der Waals surface area contributed by atoms with Gasteiger partial charge in [0.15, 0.2) is 11.5 Å². The fourth-order valence-corrected chi connectivity index (χ4v) is 2.37. The molecule has 1 N–H and O–H groups in total. The van der Waals surface area contributed by atoms with Gasteiger partial charge in [0, 0.05) is 18.5 Å². The minimum Gasteiger partial charge on any atom is -0.497 e. The summed E-state index contributed by atoms with van der Waals surface area (Å²) in [6, 6.07) is 12.8. The van der Waals surface area contributed by atoms with Crippen LogP contribution in [0.1, 0.15) is 22.3 Å². The van der Waals surface area contributed by atoms with Gasteiger partial charge in [0.25, 0.3) is 5.91 Å². The van der Waals surface area contributed by atoms with E-state index in [0.717, 1.165) is 23.5 Å². The van der Waals surface area contributed by atoms with Crippen molar-refractivity contribution >= 4 is 5.91 Å². The van der Waals surface area contributed by atoms with Gasteiger partial charge in [0.05, 0.1) is 20.3 Å². The maximum absolute atomic E-state index is 12.2. The summed E-state index contributed by atoms with van der Waals surface area (Å²) >= 11 is 0. The van der Waals surface area contributed by atoms with E-state index in [0.29, 0.717) is 31.1 Å². The Kier molecular flexibility index (Phi) is 4.66. The standard InChI is InChI=1S/C18H19NO4/c1-21-15-5-2-4-14(11-15)18(20)19-12-13-6-7-16-17(10-13)23-9-3-8-22-16/h2,4-7,10-11H,3,8-9,12H2,1H3,(H,19,20). The Bertz CT molecular complexity index is 699. The van der Waals surface area contributed by atoms with E-state index in [1.807, 2.05) is 18.2 Å². The zero-order valence-electron chi connectivity index (χ0n) is 13.0. The number of hydrogen-bond donors (Lipinski definition) is 1. The third-order valence-corrected chi connectivity index (χ3v) is 3.60. The van der Waals surface area contributed by atoms with E-state index in [2.05, 4.69) is 5.32 Å². The topological polar surface area (TPSA) is 56.8 Å². The van der Waals surface area contributed by atoms with E-state index in [-0.39, 0.29) is 5.91 Å². The minimum atomic E-state index is -0.143. The lowest BCUT2D eigenvalue weighted by atomic mass is 10.1. The molecule has 5 nitrogen and oxygen atoms in total. The molecule has 0 aliphatic carbocycles. The second-order valence-electron chi connectivity index (χ2n) is 5.25. The SMILES string of the molecule is COc1cccc(C(=O)NCc2ccc3c(c2)OCCCO3)c1. The van der Waals surface area contributed by atoms with E-state index < -0.39 is 0 Å². The van der Waals surface area contributed by atoms with Crippen LogP contribution in [0.25, 0.3) is 0 Å². The fourth-order valence-electron chi connectivity index (χ4n) is 2.37. The highest BCUT2D eigenvalue weighted by Crippen LogP contribution is 2.30. The molecule has 1 aliphatic rings. The fraction of sp³-hybridized carbons (Fsp3) is 0.278.